The molecule has 1 N–H and O–H groups in total. The first kappa shape index (κ1) is 16.9. The third-order valence-corrected chi connectivity index (χ3v) is 6.59. The van der Waals surface area contributed by atoms with E-state index in [1.165, 1.54) is 11.1 Å². The fraction of sp³-hybridized carbons (Fsp3) is 0.750. The molecule has 0 aromatic heterocycles. The smallest absolute Gasteiger partial charge is 0.167 e. The van der Waals surface area contributed by atoms with E-state index in [9.17, 15) is 9.90 Å². The van der Waals surface area contributed by atoms with Gasteiger partial charge in [0.1, 0.15) is 5.60 Å². The Bertz CT molecular complexity index is 569. The van der Waals surface area contributed by atoms with Crippen molar-refractivity contribution in [2.45, 2.75) is 78.1 Å². The highest BCUT2D eigenvalue weighted by Crippen LogP contribution is 2.53. The lowest BCUT2D eigenvalue weighted by molar-refractivity contribution is -0.159. The molecule has 1 fully saturated rings. The standard InChI is InChI=1S/C20H30O3/c1-12(2)15-8-7-14-10-16-13(3)6-9-18(23-16)20(5,22)17(21)11-19(14,15)4/h6-7,12,15-16,18,22H,8-11H2,1-5H3/t15-,16+,18-,19+,20+/m0/s1. The average molecular weight is 318 g/mol. The lowest BCUT2D eigenvalue weighted by Gasteiger charge is -2.38. The number of Topliss-reactive ketones (excluding diaryl/α,β-unsaturated/α-hetero) is 1. The lowest BCUT2D eigenvalue weighted by atomic mass is 9.65. The van der Waals surface area contributed by atoms with Gasteiger partial charge in [0, 0.05) is 6.42 Å². The molecule has 0 unspecified atom stereocenters. The fourth-order valence-electron chi connectivity index (χ4n) is 4.82. The number of hydrogen-bond donors (Lipinski definition) is 1. The molecule has 3 aliphatic rings. The topological polar surface area (TPSA) is 46.5 Å². The molecule has 3 nitrogen and oxygen atoms in total. The van der Waals surface area contributed by atoms with E-state index in [0.29, 0.717) is 24.7 Å². The average Bonchev–Trinajstić information content (AvgIpc) is 2.77. The zero-order valence-corrected chi connectivity index (χ0v) is 15.1. The molecule has 2 aliphatic heterocycles. The number of fused-ring (bicyclic) bond motifs is 3. The van der Waals surface area contributed by atoms with Crippen LogP contribution < -0.4 is 0 Å². The molecule has 0 aromatic carbocycles. The largest absolute Gasteiger partial charge is 0.380 e. The molecular formula is C20H30O3. The Morgan fingerprint density at radius 2 is 1.96 bits per heavy atom. The number of carbonyl (C=O) groups excluding carboxylic acids is 1. The van der Waals surface area contributed by atoms with E-state index in [1.807, 2.05) is 0 Å². The minimum absolute atomic E-state index is 0.0115. The van der Waals surface area contributed by atoms with Crippen LogP contribution in [0.5, 0.6) is 0 Å². The Labute approximate surface area is 139 Å². The van der Waals surface area contributed by atoms with Crippen molar-refractivity contribution in [1.82, 2.24) is 0 Å². The van der Waals surface area contributed by atoms with E-state index in [0.717, 1.165) is 12.8 Å². The molecule has 23 heavy (non-hydrogen) atoms. The second kappa shape index (κ2) is 5.56. The first-order valence-corrected chi connectivity index (χ1v) is 8.93. The quantitative estimate of drug-likeness (QED) is 0.748. The Morgan fingerprint density at radius 3 is 2.61 bits per heavy atom. The van der Waals surface area contributed by atoms with Crippen LogP contribution in [0.1, 0.15) is 60.3 Å². The molecule has 3 rings (SSSR count). The number of aliphatic hydroxyl groups is 1. The molecule has 0 aromatic rings. The third kappa shape index (κ3) is 2.62. The van der Waals surface area contributed by atoms with Crippen molar-refractivity contribution >= 4 is 5.78 Å². The van der Waals surface area contributed by atoms with Crippen molar-refractivity contribution in [3.63, 3.8) is 0 Å². The zero-order valence-electron chi connectivity index (χ0n) is 15.1. The number of rotatable bonds is 1. The van der Waals surface area contributed by atoms with E-state index < -0.39 is 11.7 Å². The van der Waals surface area contributed by atoms with Gasteiger partial charge in [-0.25, -0.2) is 0 Å². The first-order valence-electron chi connectivity index (χ1n) is 8.93. The third-order valence-electron chi connectivity index (χ3n) is 6.59. The minimum Gasteiger partial charge on any atom is -0.380 e. The van der Waals surface area contributed by atoms with Gasteiger partial charge in [-0.15, -0.1) is 0 Å². The number of carbonyl (C=O) groups is 1. The van der Waals surface area contributed by atoms with Crippen molar-refractivity contribution in [3.05, 3.63) is 23.3 Å². The zero-order chi connectivity index (χ0) is 17.0. The molecule has 0 amide bonds. The molecule has 2 heterocycles. The van der Waals surface area contributed by atoms with Crippen LogP contribution in [0, 0.1) is 17.3 Å². The van der Waals surface area contributed by atoms with Gasteiger partial charge in [0.05, 0.1) is 12.2 Å². The highest BCUT2D eigenvalue weighted by atomic mass is 16.5. The highest BCUT2D eigenvalue weighted by molar-refractivity contribution is 5.88. The number of ketones is 1. The summed E-state index contributed by atoms with van der Waals surface area (Å²) >= 11 is 0. The van der Waals surface area contributed by atoms with Crippen molar-refractivity contribution in [1.29, 1.82) is 0 Å². The van der Waals surface area contributed by atoms with Crippen LogP contribution in [0.2, 0.25) is 0 Å². The van der Waals surface area contributed by atoms with Gasteiger partial charge in [-0.05, 0) is 55.9 Å². The van der Waals surface area contributed by atoms with E-state index in [4.69, 9.17) is 4.74 Å². The summed E-state index contributed by atoms with van der Waals surface area (Å²) in [6, 6.07) is 0. The van der Waals surface area contributed by atoms with Crippen molar-refractivity contribution in [2.75, 3.05) is 0 Å². The summed E-state index contributed by atoms with van der Waals surface area (Å²) in [6.07, 6.45) is 6.94. The van der Waals surface area contributed by atoms with Crippen molar-refractivity contribution in [2.24, 2.45) is 17.3 Å². The molecule has 0 spiro atoms. The van der Waals surface area contributed by atoms with Gasteiger partial charge in [0.2, 0.25) is 0 Å². The summed E-state index contributed by atoms with van der Waals surface area (Å²) in [5.41, 5.74) is 1.01. The summed E-state index contributed by atoms with van der Waals surface area (Å²) in [7, 11) is 0. The fourth-order valence-corrected chi connectivity index (χ4v) is 4.82. The Morgan fingerprint density at radius 1 is 1.26 bits per heavy atom. The van der Waals surface area contributed by atoms with Crippen molar-refractivity contribution < 1.29 is 14.6 Å². The molecule has 0 radical (unpaired) electrons. The van der Waals surface area contributed by atoms with E-state index >= 15 is 0 Å². The SMILES string of the molecule is CC1=CC[C@@H]2O[C@@H]1CC1=CC[C@@H](C(C)C)[C@]1(C)CC(=O)[C@@]2(C)O. The molecular weight excluding hydrogens is 288 g/mol. The second-order valence-electron chi connectivity index (χ2n) is 8.48. The van der Waals surface area contributed by atoms with Gasteiger partial charge >= 0.3 is 0 Å². The highest BCUT2D eigenvalue weighted by Gasteiger charge is 2.51. The number of hydrogen-bond acceptors (Lipinski definition) is 3. The van der Waals surface area contributed by atoms with Crippen LogP contribution in [0.4, 0.5) is 0 Å². The van der Waals surface area contributed by atoms with Crippen LogP contribution in [0.3, 0.4) is 0 Å². The van der Waals surface area contributed by atoms with Gasteiger partial charge in [-0.2, -0.15) is 0 Å². The van der Waals surface area contributed by atoms with Crippen LogP contribution in [0.15, 0.2) is 23.3 Å². The monoisotopic (exact) mass is 318 g/mol. The predicted molar refractivity (Wildman–Crippen MR) is 91.0 cm³/mol. The lowest BCUT2D eigenvalue weighted by Crippen LogP contribution is -2.51. The summed E-state index contributed by atoms with van der Waals surface area (Å²) in [5.74, 6) is 0.903. The Hall–Kier alpha value is -0.930. The van der Waals surface area contributed by atoms with Crippen LogP contribution >= 0.6 is 0 Å². The van der Waals surface area contributed by atoms with Gasteiger partial charge < -0.3 is 9.84 Å². The molecule has 2 bridgehead atoms. The molecule has 5 atom stereocenters. The Balaban J connectivity index is 2.05. The maximum Gasteiger partial charge on any atom is 0.167 e. The molecule has 3 heteroatoms. The summed E-state index contributed by atoms with van der Waals surface area (Å²) in [4.78, 5) is 13.0. The van der Waals surface area contributed by atoms with Crippen LogP contribution in [-0.2, 0) is 9.53 Å². The minimum atomic E-state index is -1.40. The van der Waals surface area contributed by atoms with E-state index in [2.05, 4.69) is 39.8 Å². The first-order chi connectivity index (χ1) is 10.7. The number of ether oxygens (including phenoxy) is 1. The van der Waals surface area contributed by atoms with Gasteiger partial charge in [-0.3, -0.25) is 4.79 Å². The maximum absolute atomic E-state index is 13.0. The molecule has 1 saturated heterocycles. The normalized spacial score (nSPS) is 44.1. The summed E-state index contributed by atoms with van der Waals surface area (Å²) < 4.78 is 6.17. The summed E-state index contributed by atoms with van der Waals surface area (Å²) in [5, 5.41) is 10.9. The van der Waals surface area contributed by atoms with Gasteiger partial charge in [-0.1, -0.05) is 38.5 Å². The van der Waals surface area contributed by atoms with Crippen molar-refractivity contribution in [3.8, 4) is 0 Å². The molecule has 128 valence electrons. The predicted octanol–water partition coefficient (Wildman–Crippen LogP) is 3.81. The van der Waals surface area contributed by atoms with Crippen LogP contribution in [0.25, 0.3) is 0 Å². The molecule has 0 saturated carbocycles. The van der Waals surface area contributed by atoms with E-state index in [1.54, 1.807) is 6.92 Å². The Kier molecular flexibility index (Phi) is 4.09. The van der Waals surface area contributed by atoms with Crippen LogP contribution in [-0.4, -0.2) is 28.7 Å². The summed E-state index contributed by atoms with van der Waals surface area (Å²) in [6.45, 7) is 10.4. The molecule has 1 aliphatic carbocycles. The second-order valence-corrected chi connectivity index (χ2v) is 8.48. The number of allylic oxidation sites excluding steroid dienone is 1. The van der Waals surface area contributed by atoms with Gasteiger partial charge in [0.25, 0.3) is 0 Å². The van der Waals surface area contributed by atoms with Gasteiger partial charge in [0.15, 0.2) is 5.78 Å². The maximum atomic E-state index is 13.0. The van der Waals surface area contributed by atoms with E-state index in [-0.39, 0.29) is 17.3 Å².